The molecule has 1 N–H and O–H groups in total. The summed E-state index contributed by atoms with van der Waals surface area (Å²) in [5.74, 6) is 0.316. The fourth-order valence-corrected chi connectivity index (χ4v) is 4.07. The molecule has 0 amide bonds. The number of nitrogens with zero attached hydrogens (tertiary/aromatic N) is 1. The van der Waals surface area contributed by atoms with Crippen LogP contribution in [0, 0.1) is 6.92 Å². The van der Waals surface area contributed by atoms with Crippen molar-refractivity contribution in [2.75, 3.05) is 11.8 Å². The van der Waals surface area contributed by atoms with Gasteiger partial charge in [-0.15, -0.1) is 0 Å². The third-order valence-electron chi connectivity index (χ3n) is 3.21. The number of nitrogens with one attached hydrogen (secondary N) is 1. The van der Waals surface area contributed by atoms with E-state index in [2.05, 4.69) is 9.10 Å². The predicted octanol–water partition coefficient (Wildman–Crippen LogP) is 3.41. The van der Waals surface area contributed by atoms with Gasteiger partial charge in [-0.25, -0.2) is 8.42 Å². The third kappa shape index (κ3) is 2.77. The molecule has 0 aliphatic heterocycles. The first-order valence-electron chi connectivity index (χ1n) is 6.51. The second-order valence-corrected chi connectivity index (χ2v) is 7.32. The van der Waals surface area contributed by atoms with Crippen molar-refractivity contribution in [1.82, 2.24) is 4.37 Å². The van der Waals surface area contributed by atoms with Crippen LogP contribution in [0.25, 0.3) is 10.1 Å². The molecule has 1 aromatic heterocycles. The Kier molecular flexibility index (Phi) is 3.76. The van der Waals surface area contributed by atoms with Gasteiger partial charge in [0.1, 0.15) is 10.6 Å². The van der Waals surface area contributed by atoms with Crippen LogP contribution in [0.4, 0.5) is 5.69 Å². The summed E-state index contributed by atoms with van der Waals surface area (Å²) in [6.07, 6.45) is 1.71. The first-order valence-corrected chi connectivity index (χ1v) is 8.77. The zero-order valence-corrected chi connectivity index (χ0v) is 13.7. The van der Waals surface area contributed by atoms with Crippen molar-refractivity contribution in [3.63, 3.8) is 0 Å². The average Bonchev–Trinajstić information content (AvgIpc) is 2.94. The Hall–Kier alpha value is -2.12. The highest BCUT2D eigenvalue weighted by molar-refractivity contribution is 7.92. The first kappa shape index (κ1) is 14.8. The number of fused-ring (bicyclic) bond motifs is 1. The van der Waals surface area contributed by atoms with Crippen LogP contribution in [0.2, 0.25) is 0 Å². The number of aryl methyl sites for hydroxylation is 1. The Labute approximate surface area is 132 Å². The first-order chi connectivity index (χ1) is 10.5. The normalized spacial score (nSPS) is 11.5. The van der Waals surface area contributed by atoms with Gasteiger partial charge in [0.25, 0.3) is 10.0 Å². The third-order valence-corrected chi connectivity index (χ3v) is 5.40. The Morgan fingerprint density at radius 3 is 2.77 bits per heavy atom. The van der Waals surface area contributed by atoms with Crippen molar-refractivity contribution in [2.45, 2.75) is 11.8 Å². The second-order valence-electron chi connectivity index (χ2n) is 4.84. The molecule has 22 heavy (non-hydrogen) atoms. The zero-order chi connectivity index (χ0) is 15.7. The fourth-order valence-electron chi connectivity index (χ4n) is 2.14. The molecule has 0 saturated heterocycles. The van der Waals surface area contributed by atoms with Crippen molar-refractivity contribution in [3.8, 4) is 5.75 Å². The molecule has 0 fully saturated rings. The highest BCUT2D eigenvalue weighted by Crippen LogP contribution is 2.28. The Balaban J connectivity index is 2.01. The molecule has 0 aliphatic rings. The fraction of sp³-hybridized carbons (Fsp3) is 0.133. The number of hydrogen-bond donors (Lipinski definition) is 1. The summed E-state index contributed by atoms with van der Waals surface area (Å²) in [6.45, 7) is 1.83. The lowest BCUT2D eigenvalue weighted by Crippen LogP contribution is -2.14. The van der Waals surface area contributed by atoms with E-state index in [0.717, 1.165) is 15.6 Å². The molecule has 0 unspecified atom stereocenters. The van der Waals surface area contributed by atoms with Crippen LogP contribution in [-0.4, -0.2) is 19.9 Å². The van der Waals surface area contributed by atoms with Gasteiger partial charge in [0, 0.05) is 17.3 Å². The quantitative estimate of drug-likeness (QED) is 0.794. The summed E-state index contributed by atoms with van der Waals surface area (Å²) in [4.78, 5) is 0.124. The number of sulfonamides is 1. The molecule has 0 spiro atoms. The SMILES string of the molecule is COc1ccc(C)cc1S(=O)(=O)Nc1ccc2sncc2c1. The van der Waals surface area contributed by atoms with Crippen molar-refractivity contribution in [1.29, 1.82) is 0 Å². The van der Waals surface area contributed by atoms with Crippen molar-refractivity contribution < 1.29 is 13.2 Å². The molecule has 0 aliphatic carbocycles. The van der Waals surface area contributed by atoms with Crippen LogP contribution < -0.4 is 9.46 Å². The number of methoxy groups -OCH3 is 1. The predicted molar refractivity (Wildman–Crippen MR) is 88.2 cm³/mol. The maximum atomic E-state index is 12.6. The number of ether oxygens (including phenoxy) is 1. The molecule has 0 saturated carbocycles. The zero-order valence-electron chi connectivity index (χ0n) is 12.0. The molecule has 3 rings (SSSR count). The van der Waals surface area contributed by atoms with Gasteiger partial charge in [0.05, 0.1) is 11.8 Å². The van der Waals surface area contributed by atoms with E-state index in [1.165, 1.54) is 18.6 Å². The van der Waals surface area contributed by atoms with E-state index in [1.807, 2.05) is 13.0 Å². The van der Waals surface area contributed by atoms with E-state index in [0.29, 0.717) is 11.4 Å². The molecule has 0 bridgehead atoms. The molecule has 2 aromatic carbocycles. The van der Waals surface area contributed by atoms with E-state index in [-0.39, 0.29) is 4.90 Å². The molecule has 114 valence electrons. The molecule has 0 atom stereocenters. The Bertz CT molecular complexity index is 933. The Morgan fingerprint density at radius 2 is 2.00 bits per heavy atom. The van der Waals surface area contributed by atoms with Crippen molar-refractivity contribution in [2.24, 2.45) is 0 Å². The molecule has 0 radical (unpaired) electrons. The minimum absolute atomic E-state index is 0.124. The van der Waals surface area contributed by atoms with E-state index in [9.17, 15) is 8.42 Å². The largest absolute Gasteiger partial charge is 0.495 e. The lowest BCUT2D eigenvalue weighted by Gasteiger charge is -2.12. The minimum atomic E-state index is -3.72. The van der Waals surface area contributed by atoms with Gasteiger partial charge in [0.15, 0.2) is 0 Å². The van der Waals surface area contributed by atoms with Gasteiger partial charge < -0.3 is 4.74 Å². The molecule has 5 nitrogen and oxygen atoms in total. The van der Waals surface area contributed by atoms with Crippen LogP contribution >= 0.6 is 11.5 Å². The minimum Gasteiger partial charge on any atom is -0.495 e. The topological polar surface area (TPSA) is 68.3 Å². The number of rotatable bonds is 4. The molecule has 7 heteroatoms. The summed E-state index contributed by atoms with van der Waals surface area (Å²) < 4.78 is 38.0. The monoisotopic (exact) mass is 334 g/mol. The molecule has 1 heterocycles. The Morgan fingerprint density at radius 1 is 1.18 bits per heavy atom. The summed E-state index contributed by atoms with van der Waals surface area (Å²) in [5.41, 5.74) is 1.34. The second kappa shape index (κ2) is 5.58. The van der Waals surface area contributed by atoms with Gasteiger partial charge in [0.2, 0.25) is 0 Å². The van der Waals surface area contributed by atoms with Crippen LogP contribution in [0.15, 0.2) is 47.5 Å². The van der Waals surface area contributed by atoms with E-state index in [1.54, 1.807) is 36.5 Å². The molecule has 3 aromatic rings. The highest BCUT2D eigenvalue weighted by atomic mass is 32.2. The summed E-state index contributed by atoms with van der Waals surface area (Å²) in [7, 11) is -2.27. The maximum absolute atomic E-state index is 12.6. The van der Waals surface area contributed by atoms with Crippen LogP contribution in [-0.2, 0) is 10.0 Å². The summed E-state index contributed by atoms with van der Waals surface area (Å²) in [5, 5.41) is 0.904. The van der Waals surface area contributed by atoms with Crippen molar-refractivity contribution in [3.05, 3.63) is 48.2 Å². The van der Waals surface area contributed by atoms with E-state index < -0.39 is 10.0 Å². The van der Waals surface area contributed by atoms with Crippen LogP contribution in [0.3, 0.4) is 0 Å². The standard InChI is InChI=1S/C15H14N2O3S2/c1-10-3-5-13(20-2)15(7-10)22(18,19)17-12-4-6-14-11(8-12)9-16-21-14/h3-9,17H,1-2H3. The molecular weight excluding hydrogens is 320 g/mol. The summed E-state index contributed by atoms with van der Waals surface area (Å²) in [6, 6.07) is 10.4. The van der Waals surface area contributed by atoms with Crippen LogP contribution in [0.1, 0.15) is 5.56 Å². The van der Waals surface area contributed by atoms with Gasteiger partial charge in [-0.2, -0.15) is 4.37 Å². The van der Waals surface area contributed by atoms with E-state index >= 15 is 0 Å². The summed E-state index contributed by atoms with van der Waals surface area (Å²) >= 11 is 1.37. The van der Waals surface area contributed by atoms with Crippen molar-refractivity contribution >= 4 is 37.3 Å². The lowest BCUT2D eigenvalue weighted by molar-refractivity contribution is 0.402. The smallest absolute Gasteiger partial charge is 0.265 e. The maximum Gasteiger partial charge on any atom is 0.265 e. The van der Waals surface area contributed by atoms with Gasteiger partial charge in [-0.3, -0.25) is 4.72 Å². The number of anilines is 1. The highest BCUT2D eigenvalue weighted by Gasteiger charge is 2.20. The number of aromatic nitrogens is 1. The van der Waals surface area contributed by atoms with Gasteiger partial charge >= 0.3 is 0 Å². The molecular formula is C15H14N2O3S2. The van der Waals surface area contributed by atoms with E-state index in [4.69, 9.17) is 4.74 Å². The van der Waals surface area contributed by atoms with Crippen LogP contribution in [0.5, 0.6) is 5.75 Å². The number of hydrogen-bond acceptors (Lipinski definition) is 5. The van der Waals surface area contributed by atoms with Gasteiger partial charge in [-0.1, -0.05) is 6.07 Å². The lowest BCUT2D eigenvalue weighted by atomic mass is 10.2. The van der Waals surface area contributed by atoms with Gasteiger partial charge in [-0.05, 0) is 54.4 Å². The number of benzene rings is 2. The average molecular weight is 334 g/mol.